The Bertz CT molecular complexity index is 1150. The van der Waals surface area contributed by atoms with Crippen molar-refractivity contribution in [3.8, 4) is 0 Å². The SMILES string of the molecule is O=C(/C=C/c1ccncc1)NC(N1CCCN(c2cccc3cc[nH]c23)C1=S)C(Cl)(Cl)Cl. The standard InChI is InChI=1S/C22H20Cl3N5OS/c23-22(24,25)20(28-18(31)6-5-15-7-10-26-11-8-15)30-14-2-13-29(21(30)32)17-4-1-3-16-9-12-27-19(16)17/h1,3-12,20,27H,2,13-14H2,(H,28,31)/b6-5+. The number of aromatic nitrogens is 2. The van der Waals surface area contributed by atoms with Crippen molar-refractivity contribution in [2.24, 2.45) is 0 Å². The van der Waals surface area contributed by atoms with Gasteiger partial charge >= 0.3 is 0 Å². The molecule has 0 saturated carbocycles. The summed E-state index contributed by atoms with van der Waals surface area (Å²) >= 11 is 24.7. The minimum atomic E-state index is -1.80. The molecule has 0 aliphatic carbocycles. The van der Waals surface area contributed by atoms with Gasteiger partial charge in [-0.25, -0.2) is 0 Å². The number of thiocarbonyl (C=S) groups is 1. The Morgan fingerprint density at radius 2 is 1.97 bits per heavy atom. The summed E-state index contributed by atoms with van der Waals surface area (Å²) in [5.41, 5.74) is 2.75. The molecule has 0 radical (unpaired) electrons. The average Bonchev–Trinajstić information content (AvgIpc) is 3.26. The van der Waals surface area contributed by atoms with Crippen molar-refractivity contribution in [1.82, 2.24) is 20.2 Å². The number of amides is 1. The predicted molar refractivity (Wildman–Crippen MR) is 135 cm³/mol. The fourth-order valence-corrected chi connectivity index (χ4v) is 4.57. The highest BCUT2D eigenvalue weighted by Gasteiger charge is 2.42. The number of halogens is 3. The third-order valence-electron chi connectivity index (χ3n) is 5.15. The Balaban J connectivity index is 1.56. The van der Waals surface area contributed by atoms with Crippen molar-refractivity contribution in [1.29, 1.82) is 0 Å². The van der Waals surface area contributed by atoms with E-state index >= 15 is 0 Å². The van der Waals surface area contributed by atoms with Gasteiger partial charge in [-0.2, -0.15) is 0 Å². The Hall–Kier alpha value is -2.32. The largest absolute Gasteiger partial charge is 0.359 e. The lowest BCUT2D eigenvalue weighted by Crippen LogP contribution is -2.62. The molecule has 3 aromatic rings. The van der Waals surface area contributed by atoms with E-state index in [0.717, 1.165) is 35.1 Å². The number of hydrogen-bond acceptors (Lipinski definition) is 3. The highest BCUT2D eigenvalue weighted by molar-refractivity contribution is 7.80. The van der Waals surface area contributed by atoms with Crippen molar-refractivity contribution < 1.29 is 4.79 Å². The van der Waals surface area contributed by atoms with E-state index in [1.165, 1.54) is 6.08 Å². The first-order valence-electron chi connectivity index (χ1n) is 9.94. The fraction of sp³-hybridized carbons (Fsp3) is 0.227. The summed E-state index contributed by atoms with van der Waals surface area (Å²) in [6.45, 7) is 1.26. The molecule has 1 unspecified atom stereocenters. The van der Waals surface area contributed by atoms with Crippen LogP contribution in [-0.4, -0.2) is 48.9 Å². The van der Waals surface area contributed by atoms with E-state index in [-0.39, 0.29) is 0 Å². The maximum absolute atomic E-state index is 12.6. The van der Waals surface area contributed by atoms with E-state index in [1.54, 1.807) is 35.5 Å². The first-order valence-corrected chi connectivity index (χ1v) is 11.5. The van der Waals surface area contributed by atoms with Crippen LogP contribution in [-0.2, 0) is 4.79 Å². The van der Waals surface area contributed by atoms with Crippen LogP contribution in [0.25, 0.3) is 17.0 Å². The molecule has 2 N–H and O–H groups in total. The zero-order chi connectivity index (χ0) is 22.7. The number of anilines is 1. The van der Waals surface area contributed by atoms with Crippen LogP contribution in [0.2, 0.25) is 0 Å². The smallest absolute Gasteiger partial charge is 0.245 e. The molecule has 1 aliphatic heterocycles. The van der Waals surface area contributed by atoms with Gasteiger partial charge in [0.15, 0.2) is 11.3 Å². The maximum Gasteiger partial charge on any atom is 0.245 e. The van der Waals surface area contributed by atoms with Crippen LogP contribution in [0, 0.1) is 0 Å². The third-order valence-corrected chi connectivity index (χ3v) is 6.22. The number of alkyl halides is 3. The first kappa shape index (κ1) is 22.9. The Labute approximate surface area is 206 Å². The number of rotatable bonds is 5. The van der Waals surface area contributed by atoms with Crippen molar-refractivity contribution in [2.45, 2.75) is 16.4 Å². The topological polar surface area (TPSA) is 64.3 Å². The van der Waals surface area contributed by atoms with E-state index < -0.39 is 15.9 Å². The summed E-state index contributed by atoms with van der Waals surface area (Å²) in [6.07, 6.45) is 8.07. The Morgan fingerprint density at radius 3 is 2.72 bits per heavy atom. The first-order chi connectivity index (χ1) is 15.3. The summed E-state index contributed by atoms with van der Waals surface area (Å²) < 4.78 is -1.80. The van der Waals surface area contributed by atoms with Gasteiger partial charge < -0.3 is 20.1 Å². The number of pyridine rings is 1. The van der Waals surface area contributed by atoms with Crippen LogP contribution in [0.3, 0.4) is 0 Å². The van der Waals surface area contributed by atoms with E-state index in [2.05, 4.69) is 15.3 Å². The van der Waals surface area contributed by atoms with Gasteiger partial charge in [0.1, 0.15) is 0 Å². The van der Waals surface area contributed by atoms with E-state index in [0.29, 0.717) is 11.7 Å². The number of carbonyl (C=O) groups excluding carboxylic acids is 1. The van der Waals surface area contributed by atoms with E-state index in [4.69, 9.17) is 47.0 Å². The summed E-state index contributed by atoms with van der Waals surface area (Å²) in [5.74, 6) is -0.399. The lowest BCUT2D eigenvalue weighted by Gasteiger charge is -2.44. The van der Waals surface area contributed by atoms with Gasteiger partial charge in [0.05, 0.1) is 11.2 Å². The zero-order valence-electron chi connectivity index (χ0n) is 16.8. The summed E-state index contributed by atoms with van der Waals surface area (Å²) in [7, 11) is 0. The van der Waals surface area contributed by atoms with Crippen LogP contribution in [0.4, 0.5) is 5.69 Å². The van der Waals surface area contributed by atoms with E-state index in [9.17, 15) is 4.79 Å². The minimum absolute atomic E-state index is 0.399. The number of benzene rings is 1. The quantitative estimate of drug-likeness (QED) is 0.292. The van der Waals surface area contributed by atoms with Crippen molar-refractivity contribution >= 4 is 80.7 Å². The molecule has 1 saturated heterocycles. The lowest BCUT2D eigenvalue weighted by atomic mass is 10.2. The van der Waals surface area contributed by atoms with Gasteiger partial charge in [0.2, 0.25) is 9.70 Å². The maximum atomic E-state index is 12.6. The van der Waals surface area contributed by atoms with Crippen LogP contribution >= 0.6 is 47.0 Å². The number of H-pyrrole nitrogens is 1. The van der Waals surface area contributed by atoms with Gasteiger partial charge in [0.25, 0.3) is 0 Å². The second-order valence-corrected chi connectivity index (χ2v) is 10.0. The molecule has 1 fully saturated rings. The summed E-state index contributed by atoms with van der Waals surface area (Å²) in [6, 6.07) is 11.6. The highest BCUT2D eigenvalue weighted by Crippen LogP contribution is 2.35. The molecule has 1 aromatic carbocycles. The molecule has 10 heteroatoms. The Morgan fingerprint density at radius 1 is 1.19 bits per heavy atom. The summed E-state index contributed by atoms with van der Waals surface area (Å²) in [5, 5.41) is 4.36. The number of para-hydroxylation sites is 1. The monoisotopic (exact) mass is 507 g/mol. The van der Waals surface area contributed by atoms with Gasteiger partial charge in [0, 0.05) is 43.1 Å². The molecule has 1 amide bonds. The Kier molecular flexibility index (Phi) is 6.90. The second-order valence-electron chi connectivity index (χ2n) is 7.27. The minimum Gasteiger partial charge on any atom is -0.359 e. The molecule has 6 nitrogen and oxygen atoms in total. The fourth-order valence-electron chi connectivity index (χ4n) is 3.67. The molecule has 1 atom stereocenters. The molecule has 4 rings (SSSR count). The van der Waals surface area contributed by atoms with Crippen LogP contribution in [0.5, 0.6) is 0 Å². The molecule has 1 aliphatic rings. The second kappa shape index (κ2) is 9.67. The van der Waals surface area contributed by atoms with Gasteiger partial charge in [-0.1, -0.05) is 46.9 Å². The van der Waals surface area contributed by atoms with Crippen molar-refractivity contribution in [3.05, 3.63) is 66.6 Å². The molecular formula is C22H20Cl3N5OS. The van der Waals surface area contributed by atoms with Gasteiger partial charge in [-0.15, -0.1) is 0 Å². The van der Waals surface area contributed by atoms with Crippen molar-refractivity contribution in [3.63, 3.8) is 0 Å². The molecule has 32 heavy (non-hydrogen) atoms. The third kappa shape index (κ3) is 5.02. The van der Waals surface area contributed by atoms with Gasteiger partial charge in [-0.05, 0) is 54.5 Å². The molecule has 2 aromatic heterocycles. The molecule has 166 valence electrons. The normalized spacial score (nSPS) is 16.0. The van der Waals surface area contributed by atoms with Crippen LogP contribution in [0.1, 0.15) is 12.0 Å². The number of nitrogens with one attached hydrogen (secondary N) is 2. The lowest BCUT2D eigenvalue weighted by molar-refractivity contribution is -0.117. The average molecular weight is 509 g/mol. The highest BCUT2D eigenvalue weighted by atomic mass is 35.6. The number of nitrogens with zero attached hydrogens (tertiary/aromatic N) is 3. The zero-order valence-corrected chi connectivity index (χ0v) is 19.9. The number of carbonyl (C=O) groups is 1. The molecule has 0 spiro atoms. The predicted octanol–water partition coefficient (Wildman–Crippen LogP) is 4.89. The number of fused-ring (bicyclic) bond motifs is 1. The summed E-state index contributed by atoms with van der Waals surface area (Å²) in [4.78, 5) is 23.6. The van der Waals surface area contributed by atoms with Crippen molar-refractivity contribution in [2.75, 3.05) is 18.0 Å². The number of aromatic amines is 1. The van der Waals surface area contributed by atoms with Gasteiger partial charge in [-0.3, -0.25) is 9.78 Å². The molecular weight excluding hydrogens is 489 g/mol. The number of hydrogen-bond donors (Lipinski definition) is 2. The van der Waals surface area contributed by atoms with E-state index in [1.807, 2.05) is 35.4 Å². The molecule has 3 heterocycles. The van der Waals surface area contributed by atoms with Crippen LogP contribution in [0.15, 0.2) is 61.1 Å². The molecule has 0 bridgehead atoms. The van der Waals surface area contributed by atoms with Crippen LogP contribution < -0.4 is 10.2 Å².